The largest absolute Gasteiger partial charge is 0.379 e. The van der Waals surface area contributed by atoms with Crippen LogP contribution in [-0.2, 0) is 28.4 Å². The molecule has 0 aliphatic heterocycles. The Morgan fingerprint density at radius 2 is 0.500 bits per heavy atom. The van der Waals surface area contributed by atoms with Crippen LogP contribution >= 0.6 is 37.9 Å². The van der Waals surface area contributed by atoms with Crippen LogP contribution in [0, 0.1) is 0 Å². The maximum Gasteiger partial charge on any atom is 0.102 e. The zero-order chi connectivity index (χ0) is 32.6. The minimum absolute atomic E-state index is 0.699. The average molecular weight is 667 g/mol. The molecule has 0 N–H and O–H groups in total. The van der Waals surface area contributed by atoms with Gasteiger partial charge in [-0.25, -0.2) is 0 Å². The third-order valence-corrected chi connectivity index (χ3v) is 6.12. The molecule has 0 aliphatic carbocycles. The molecule has 12 heteroatoms. The van der Waals surface area contributed by atoms with Crippen LogP contribution in [-0.4, -0.2) is 193 Å². The summed E-state index contributed by atoms with van der Waals surface area (Å²) in [5, 5.41) is 0. The lowest BCUT2D eigenvalue weighted by molar-refractivity contribution is -0.870. The second-order valence-electron chi connectivity index (χ2n) is 12.9. The van der Waals surface area contributed by atoms with Crippen molar-refractivity contribution >= 4 is 37.9 Å². The van der Waals surface area contributed by atoms with Crippen LogP contribution in [0.3, 0.4) is 0 Å². The summed E-state index contributed by atoms with van der Waals surface area (Å²) in [4.78, 5) is 0. The Balaban J connectivity index is -0.000000543. The summed E-state index contributed by atoms with van der Waals surface area (Å²) in [6, 6.07) is 0. The first-order valence-corrected chi connectivity index (χ1v) is 17.3. The third kappa shape index (κ3) is 56.5. The van der Waals surface area contributed by atoms with Crippen molar-refractivity contribution < 1.29 is 41.9 Å². The molecule has 0 aromatic heterocycles. The number of hydrogen-bond donors (Lipinski definition) is 3. The summed E-state index contributed by atoms with van der Waals surface area (Å²) in [5.74, 6) is 2.67. The normalized spacial score (nSPS) is 12.0. The fourth-order valence-electron chi connectivity index (χ4n) is 2.48. The quantitative estimate of drug-likeness (QED) is 0.0712. The fourth-order valence-corrected chi connectivity index (χ4v) is 2.87. The lowest BCUT2D eigenvalue weighted by Crippen LogP contribution is -2.37. The lowest BCUT2D eigenvalue weighted by Gasteiger charge is -2.23. The predicted molar refractivity (Wildman–Crippen MR) is 189 cm³/mol. The lowest BCUT2D eigenvalue weighted by atomic mass is 10.5. The third-order valence-electron chi connectivity index (χ3n) is 5.18. The Hall–Kier alpha value is 0.690. The molecule has 42 heavy (non-hydrogen) atoms. The molecule has 0 heterocycles. The molecule has 0 atom stereocenters. The number of rotatable bonds is 27. The molecule has 0 aliphatic rings. The van der Waals surface area contributed by atoms with E-state index in [9.17, 15) is 0 Å². The van der Waals surface area contributed by atoms with Crippen molar-refractivity contribution in [1.82, 2.24) is 0 Å². The van der Waals surface area contributed by atoms with Crippen LogP contribution in [0.1, 0.15) is 19.3 Å². The molecule has 258 valence electrons. The van der Waals surface area contributed by atoms with E-state index in [1.807, 2.05) is 0 Å². The van der Waals surface area contributed by atoms with Crippen molar-refractivity contribution in [2.24, 2.45) is 0 Å². The van der Waals surface area contributed by atoms with Crippen molar-refractivity contribution in [3.8, 4) is 0 Å². The van der Waals surface area contributed by atoms with Gasteiger partial charge in [0.15, 0.2) is 0 Å². The fraction of sp³-hybridized carbons (Fsp3) is 1.00. The highest BCUT2D eigenvalue weighted by Crippen LogP contribution is 1.92. The highest BCUT2D eigenvalue weighted by molar-refractivity contribution is 7.80. The van der Waals surface area contributed by atoms with Crippen molar-refractivity contribution in [3.63, 3.8) is 0 Å². The van der Waals surface area contributed by atoms with Gasteiger partial charge in [-0.05, 0) is 36.5 Å². The molecule has 0 spiro atoms. The molecule has 9 nitrogen and oxygen atoms in total. The molecule has 0 amide bonds. The van der Waals surface area contributed by atoms with E-state index in [2.05, 4.69) is 101 Å². The van der Waals surface area contributed by atoms with Gasteiger partial charge in [0.2, 0.25) is 0 Å². The minimum atomic E-state index is 0.699. The molecular formula is C30H72N3O6S3+3. The Morgan fingerprint density at radius 1 is 0.310 bits per heavy atom. The zero-order valence-electron chi connectivity index (χ0n) is 29.0. The Morgan fingerprint density at radius 3 is 0.667 bits per heavy atom. The maximum atomic E-state index is 5.43. The van der Waals surface area contributed by atoms with Gasteiger partial charge in [-0.2, -0.15) is 37.9 Å². The molecular weight excluding hydrogens is 595 g/mol. The first kappa shape index (κ1) is 47.1. The number of ether oxygens (including phenoxy) is 6. The Labute approximate surface area is 277 Å². The van der Waals surface area contributed by atoms with Crippen molar-refractivity contribution in [1.29, 1.82) is 0 Å². The molecule has 0 bridgehead atoms. The van der Waals surface area contributed by atoms with Crippen LogP contribution in [0.15, 0.2) is 0 Å². The maximum absolute atomic E-state index is 5.43. The van der Waals surface area contributed by atoms with E-state index in [0.29, 0.717) is 39.6 Å². The van der Waals surface area contributed by atoms with Gasteiger partial charge in [0.05, 0.1) is 123 Å². The molecule has 0 radical (unpaired) electrons. The number of nitrogens with zero attached hydrogens (tertiary/aromatic N) is 3. The summed E-state index contributed by atoms with van der Waals surface area (Å²) in [7, 11) is 19.4. The minimum Gasteiger partial charge on any atom is -0.379 e. The number of quaternary nitrogens is 3. The summed E-state index contributed by atoms with van der Waals surface area (Å²) in [5.41, 5.74) is 0. The number of likely N-dealkylation sites (N-methyl/N-ethyl adjacent to an activating group) is 3. The van der Waals surface area contributed by atoms with Gasteiger partial charge in [0.1, 0.15) is 19.6 Å². The highest BCUT2D eigenvalue weighted by atomic mass is 32.1. The molecule has 0 rings (SSSR count). The summed E-state index contributed by atoms with van der Waals surface area (Å²) in [6.45, 7) is 12.1. The van der Waals surface area contributed by atoms with Gasteiger partial charge in [-0.3, -0.25) is 0 Å². The van der Waals surface area contributed by atoms with Gasteiger partial charge >= 0.3 is 0 Å². The SMILES string of the molecule is C[N+](C)(C)CCOCCOCCCS.C[N+](C)(C)CCOCCOCCCS.C[N+](C)(C)CCOCCOCCCS. The molecule has 0 unspecified atom stereocenters. The number of hydrogen-bond acceptors (Lipinski definition) is 9. The summed E-state index contributed by atoms with van der Waals surface area (Å²) in [6.07, 6.45) is 3.05. The van der Waals surface area contributed by atoms with Crippen molar-refractivity contribution in [2.45, 2.75) is 19.3 Å². The van der Waals surface area contributed by atoms with Gasteiger partial charge in [0.25, 0.3) is 0 Å². The van der Waals surface area contributed by atoms with Crippen LogP contribution in [0.4, 0.5) is 0 Å². The van der Waals surface area contributed by atoms with E-state index < -0.39 is 0 Å². The number of thiol groups is 3. The Bertz CT molecular complexity index is 449. The van der Waals surface area contributed by atoms with Gasteiger partial charge in [-0.1, -0.05) is 0 Å². The first-order chi connectivity index (χ1) is 19.7. The summed E-state index contributed by atoms with van der Waals surface area (Å²) < 4.78 is 35.1. The first-order valence-electron chi connectivity index (χ1n) is 15.4. The standard InChI is InChI=1S/3C10H23NO2S/c3*1-11(2,3)5-7-13-9-8-12-6-4-10-14/h3*4-10H2,1-3H3/p+3. The molecule has 0 saturated carbocycles. The van der Waals surface area contributed by atoms with Crippen LogP contribution in [0.25, 0.3) is 0 Å². The second-order valence-corrected chi connectivity index (χ2v) is 14.3. The van der Waals surface area contributed by atoms with Gasteiger partial charge < -0.3 is 41.9 Å². The predicted octanol–water partition coefficient (Wildman–Crippen LogP) is 3.14. The van der Waals surface area contributed by atoms with Crippen molar-refractivity contribution in [3.05, 3.63) is 0 Å². The van der Waals surface area contributed by atoms with Crippen LogP contribution < -0.4 is 0 Å². The van der Waals surface area contributed by atoms with E-state index in [0.717, 1.165) is 109 Å². The van der Waals surface area contributed by atoms with E-state index in [4.69, 9.17) is 28.4 Å². The van der Waals surface area contributed by atoms with E-state index in [1.54, 1.807) is 0 Å². The van der Waals surface area contributed by atoms with Crippen LogP contribution in [0.2, 0.25) is 0 Å². The topological polar surface area (TPSA) is 55.4 Å². The van der Waals surface area contributed by atoms with E-state index in [1.165, 1.54) is 0 Å². The summed E-state index contributed by atoms with van der Waals surface area (Å²) >= 11 is 12.3. The molecule has 0 fully saturated rings. The van der Waals surface area contributed by atoms with Gasteiger partial charge in [-0.15, -0.1) is 0 Å². The molecule has 0 saturated heterocycles. The smallest absolute Gasteiger partial charge is 0.102 e. The second kappa shape index (κ2) is 33.1. The van der Waals surface area contributed by atoms with Crippen molar-refractivity contribution in [2.75, 3.05) is 180 Å². The molecule has 0 aromatic carbocycles. The van der Waals surface area contributed by atoms with Gasteiger partial charge in [0, 0.05) is 19.8 Å². The average Bonchev–Trinajstić information content (AvgIpc) is 2.88. The van der Waals surface area contributed by atoms with E-state index >= 15 is 0 Å². The van der Waals surface area contributed by atoms with Crippen LogP contribution in [0.5, 0.6) is 0 Å². The monoisotopic (exact) mass is 666 g/mol. The molecule has 0 aromatic rings. The van der Waals surface area contributed by atoms with E-state index in [-0.39, 0.29) is 0 Å². The Kier molecular flexibility index (Phi) is 37.1. The highest BCUT2D eigenvalue weighted by Gasteiger charge is 2.06. The zero-order valence-corrected chi connectivity index (χ0v) is 31.7.